The lowest BCUT2D eigenvalue weighted by Crippen LogP contribution is -2.41. The number of fused-ring (bicyclic) bond motifs is 3. The van der Waals surface area contributed by atoms with Crippen LogP contribution in [0.5, 0.6) is 0 Å². The van der Waals surface area contributed by atoms with Gasteiger partial charge in [-0.15, -0.1) is 10.2 Å². The van der Waals surface area contributed by atoms with Crippen molar-refractivity contribution in [3.05, 3.63) is 24.3 Å². The highest BCUT2D eigenvalue weighted by Gasteiger charge is 2.38. The quantitative estimate of drug-likeness (QED) is 0.703. The second-order valence-corrected chi connectivity index (χ2v) is 8.14. The van der Waals surface area contributed by atoms with E-state index >= 15 is 0 Å². The molecule has 0 bridgehead atoms. The molecule has 2 aliphatic rings. The van der Waals surface area contributed by atoms with E-state index in [0.29, 0.717) is 18.4 Å². The third kappa shape index (κ3) is 3.33. The minimum Gasteiger partial charge on any atom is -0.381 e. The molecule has 154 valence electrons. The van der Waals surface area contributed by atoms with Gasteiger partial charge in [-0.25, -0.2) is 9.78 Å². The van der Waals surface area contributed by atoms with Crippen molar-refractivity contribution in [1.82, 2.24) is 34.8 Å². The average Bonchev–Trinajstić information content (AvgIpc) is 3.48. The zero-order valence-corrected chi connectivity index (χ0v) is 16.7. The number of rotatable bonds is 4. The van der Waals surface area contributed by atoms with Crippen LogP contribution in [-0.2, 0) is 4.74 Å². The Kier molecular flexibility index (Phi) is 4.83. The number of hydrogen-bond acceptors (Lipinski definition) is 5. The lowest BCUT2D eigenvalue weighted by molar-refractivity contribution is 0.0665. The van der Waals surface area contributed by atoms with Crippen LogP contribution in [0.2, 0.25) is 0 Å². The van der Waals surface area contributed by atoms with Gasteiger partial charge in [-0.3, -0.25) is 4.40 Å². The number of likely N-dealkylation sites (tertiary alicyclic amines) is 1. The largest absolute Gasteiger partial charge is 0.381 e. The SMILES string of the molecule is CC[C@H]1CN(C(=O)NCC2CCOCC2)C[C@H]1c1nnc2cnc3[nH]ccc3n12. The van der Waals surface area contributed by atoms with Crippen molar-refractivity contribution in [2.75, 3.05) is 32.8 Å². The molecular weight excluding hydrogens is 370 g/mol. The highest BCUT2D eigenvalue weighted by Crippen LogP contribution is 2.34. The maximum atomic E-state index is 12.8. The van der Waals surface area contributed by atoms with Gasteiger partial charge in [-0.2, -0.15) is 0 Å². The second kappa shape index (κ2) is 7.62. The number of hydrogen-bond donors (Lipinski definition) is 2. The highest BCUT2D eigenvalue weighted by molar-refractivity contribution is 5.75. The minimum absolute atomic E-state index is 0.0275. The number of carbonyl (C=O) groups excluding carboxylic acids is 1. The van der Waals surface area contributed by atoms with Crippen LogP contribution < -0.4 is 5.32 Å². The Morgan fingerprint density at radius 3 is 3.00 bits per heavy atom. The molecule has 3 aromatic rings. The normalized spacial score (nSPS) is 23.3. The molecule has 2 amide bonds. The van der Waals surface area contributed by atoms with Gasteiger partial charge in [0.15, 0.2) is 11.3 Å². The molecule has 3 aromatic heterocycles. The van der Waals surface area contributed by atoms with Crippen LogP contribution >= 0.6 is 0 Å². The molecule has 0 unspecified atom stereocenters. The molecule has 29 heavy (non-hydrogen) atoms. The summed E-state index contributed by atoms with van der Waals surface area (Å²) in [4.78, 5) is 22.3. The third-order valence-electron chi connectivity index (χ3n) is 6.43. The topological polar surface area (TPSA) is 100 Å². The molecule has 0 spiro atoms. The number of aromatic nitrogens is 5. The Morgan fingerprint density at radius 1 is 1.31 bits per heavy atom. The fourth-order valence-corrected chi connectivity index (χ4v) is 4.68. The monoisotopic (exact) mass is 397 g/mol. The van der Waals surface area contributed by atoms with Crippen molar-refractivity contribution in [1.29, 1.82) is 0 Å². The maximum absolute atomic E-state index is 12.8. The van der Waals surface area contributed by atoms with Crippen molar-refractivity contribution in [3.63, 3.8) is 0 Å². The Bertz CT molecular complexity index is 1010. The van der Waals surface area contributed by atoms with Crippen molar-refractivity contribution in [3.8, 4) is 0 Å². The summed E-state index contributed by atoms with van der Waals surface area (Å²) >= 11 is 0. The van der Waals surface area contributed by atoms with Gasteiger partial charge in [0.05, 0.1) is 11.7 Å². The van der Waals surface area contributed by atoms with Crippen LogP contribution in [0.1, 0.15) is 37.9 Å². The summed E-state index contributed by atoms with van der Waals surface area (Å²) in [5, 5.41) is 12.0. The van der Waals surface area contributed by atoms with E-state index in [1.807, 2.05) is 17.2 Å². The number of nitrogens with zero attached hydrogens (tertiary/aromatic N) is 5. The number of aromatic amines is 1. The molecule has 2 fully saturated rings. The van der Waals surface area contributed by atoms with Crippen molar-refractivity contribution in [2.45, 2.75) is 32.1 Å². The van der Waals surface area contributed by atoms with E-state index in [1.54, 1.807) is 6.20 Å². The van der Waals surface area contributed by atoms with E-state index in [9.17, 15) is 4.79 Å². The standard InChI is InChI=1S/C20H27N7O2/c1-2-14-11-26(20(28)23-9-13-4-7-29-8-5-13)12-15(14)19-25-24-17-10-22-18-16(27(17)19)3-6-21-18/h3,6,10,13-15,21H,2,4-5,7-9,11-12H2,1H3,(H,23,28)/t14-,15+/m0/s1. The number of H-pyrrole nitrogens is 1. The fraction of sp³-hybridized carbons (Fsp3) is 0.600. The zero-order chi connectivity index (χ0) is 19.8. The first kappa shape index (κ1) is 18.4. The Balaban J connectivity index is 1.35. The van der Waals surface area contributed by atoms with Gasteiger partial charge in [0.2, 0.25) is 0 Å². The van der Waals surface area contributed by atoms with Gasteiger partial charge in [-0.1, -0.05) is 13.3 Å². The maximum Gasteiger partial charge on any atom is 0.317 e. The number of ether oxygens (including phenoxy) is 1. The van der Waals surface area contributed by atoms with Crippen molar-refractivity contribution < 1.29 is 9.53 Å². The van der Waals surface area contributed by atoms with E-state index in [-0.39, 0.29) is 11.9 Å². The zero-order valence-electron chi connectivity index (χ0n) is 16.7. The molecule has 2 N–H and O–H groups in total. The minimum atomic E-state index is 0.0275. The molecule has 9 heteroatoms. The molecule has 2 saturated heterocycles. The number of nitrogens with one attached hydrogen (secondary N) is 2. The molecule has 5 heterocycles. The van der Waals surface area contributed by atoms with Gasteiger partial charge in [0.1, 0.15) is 5.82 Å². The predicted molar refractivity (Wildman–Crippen MR) is 108 cm³/mol. The predicted octanol–water partition coefficient (Wildman–Crippen LogP) is 2.17. The lowest BCUT2D eigenvalue weighted by Gasteiger charge is -2.24. The molecule has 0 saturated carbocycles. The van der Waals surface area contributed by atoms with Gasteiger partial charge >= 0.3 is 6.03 Å². The average molecular weight is 397 g/mol. The Morgan fingerprint density at radius 2 is 2.17 bits per heavy atom. The smallest absolute Gasteiger partial charge is 0.317 e. The molecular formula is C20H27N7O2. The summed E-state index contributed by atoms with van der Waals surface area (Å²) in [5.74, 6) is 1.95. The van der Waals surface area contributed by atoms with Gasteiger partial charge in [-0.05, 0) is 30.7 Å². The molecule has 0 aromatic carbocycles. The summed E-state index contributed by atoms with van der Waals surface area (Å²) in [6.45, 7) is 5.91. The molecule has 2 aliphatic heterocycles. The highest BCUT2D eigenvalue weighted by atomic mass is 16.5. The number of carbonyl (C=O) groups is 1. The van der Waals surface area contributed by atoms with Gasteiger partial charge < -0.3 is 19.9 Å². The molecule has 0 aliphatic carbocycles. The van der Waals surface area contributed by atoms with Crippen LogP contribution in [-0.4, -0.2) is 68.3 Å². The van der Waals surface area contributed by atoms with Crippen LogP contribution in [0.3, 0.4) is 0 Å². The van der Waals surface area contributed by atoms with E-state index in [4.69, 9.17) is 4.74 Å². The van der Waals surface area contributed by atoms with E-state index in [1.165, 1.54) is 0 Å². The summed E-state index contributed by atoms with van der Waals surface area (Å²) in [5.41, 5.74) is 2.53. The molecule has 0 radical (unpaired) electrons. The first-order chi connectivity index (χ1) is 14.2. The second-order valence-electron chi connectivity index (χ2n) is 8.14. The van der Waals surface area contributed by atoms with Crippen LogP contribution in [0.4, 0.5) is 4.79 Å². The summed E-state index contributed by atoms with van der Waals surface area (Å²) in [7, 11) is 0. The van der Waals surface area contributed by atoms with Crippen LogP contribution in [0, 0.1) is 11.8 Å². The Labute approximate surface area is 168 Å². The molecule has 5 rings (SSSR count). The van der Waals surface area contributed by atoms with E-state index in [2.05, 4.69) is 36.8 Å². The van der Waals surface area contributed by atoms with E-state index in [0.717, 1.165) is 68.2 Å². The van der Waals surface area contributed by atoms with Gasteiger partial charge in [0.25, 0.3) is 0 Å². The Hall–Kier alpha value is -2.68. The first-order valence-electron chi connectivity index (χ1n) is 10.5. The van der Waals surface area contributed by atoms with Crippen LogP contribution in [0.15, 0.2) is 18.5 Å². The molecule has 9 nitrogen and oxygen atoms in total. The summed E-state index contributed by atoms with van der Waals surface area (Å²) in [6.07, 6.45) is 6.65. The van der Waals surface area contributed by atoms with Crippen molar-refractivity contribution in [2.24, 2.45) is 11.8 Å². The fourth-order valence-electron chi connectivity index (χ4n) is 4.68. The summed E-state index contributed by atoms with van der Waals surface area (Å²) < 4.78 is 7.48. The van der Waals surface area contributed by atoms with Crippen LogP contribution in [0.25, 0.3) is 16.8 Å². The van der Waals surface area contributed by atoms with Gasteiger partial charge in [0, 0.05) is 45.0 Å². The number of amides is 2. The third-order valence-corrected chi connectivity index (χ3v) is 6.43. The van der Waals surface area contributed by atoms with E-state index < -0.39 is 0 Å². The molecule has 2 atom stereocenters. The number of urea groups is 1. The first-order valence-corrected chi connectivity index (χ1v) is 10.5. The lowest BCUT2D eigenvalue weighted by atomic mass is 9.93. The van der Waals surface area contributed by atoms with Crippen molar-refractivity contribution >= 4 is 22.8 Å². The summed E-state index contributed by atoms with van der Waals surface area (Å²) in [6, 6.07) is 2.02.